The fourth-order valence-corrected chi connectivity index (χ4v) is 3.03. The normalized spacial score (nSPS) is 11.8. The van der Waals surface area contributed by atoms with E-state index in [2.05, 4.69) is 26.8 Å². The van der Waals surface area contributed by atoms with Crippen LogP contribution in [0.4, 0.5) is 0 Å². The van der Waals surface area contributed by atoms with E-state index in [-0.39, 0.29) is 5.41 Å². The van der Waals surface area contributed by atoms with Crippen molar-refractivity contribution in [3.05, 3.63) is 46.2 Å². The number of methoxy groups -OCH3 is 1. The smallest absolute Gasteiger partial charge is 0.328 e. The third-order valence-corrected chi connectivity index (χ3v) is 4.25. The van der Waals surface area contributed by atoms with Crippen LogP contribution in [0.5, 0.6) is 5.75 Å². The Morgan fingerprint density at radius 2 is 1.95 bits per heavy atom. The van der Waals surface area contributed by atoms with Gasteiger partial charge in [0.2, 0.25) is 0 Å². The predicted octanol–water partition coefficient (Wildman–Crippen LogP) is 4.82. The summed E-state index contributed by atoms with van der Waals surface area (Å²) in [5, 5.41) is 10.7. The Labute approximate surface area is 134 Å². The van der Waals surface area contributed by atoms with Gasteiger partial charge in [-0.25, -0.2) is 4.79 Å². The molecule has 4 heteroatoms. The van der Waals surface area contributed by atoms with Gasteiger partial charge in [-0.2, -0.15) is 0 Å². The van der Waals surface area contributed by atoms with E-state index < -0.39 is 5.97 Å². The molecule has 0 aliphatic rings. The summed E-state index contributed by atoms with van der Waals surface area (Å²) in [6.45, 7) is 6.47. The van der Waals surface area contributed by atoms with Crippen LogP contribution in [0.25, 0.3) is 17.2 Å². The highest BCUT2D eigenvalue weighted by Gasteiger charge is 2.19. The van der Waals surface area contributed by atoms with Crippen LogP contribution in [0, 0.1) is 0 Å². The van der Waals surface area contributed by atoms with Gasteiger partial charge in [-0.05, 0) is 46.2 Å². The number of hydrogen-bond acceptors (Lipinski definition) is 3. The van der Waals surface area contributed by atoms with Crippen LogP contribution in [0.15, 0.2) is 35.7 Å². The molecule has 0 atom stereocenters. The van der Waals surface area contributed by atoms with Crippen molar-refractivity contribution in [2.75, 3.05) is 7.11 Å². The summed E-state index contributed by atoms with van der Waals surface area (Å²) in [5.41, 5.74) is 3.34. The monoisotopic (exact) mass is 316 g/mol. The van der Waals surface area contributed by atoms with E-state index in [1.807, 2.05) is 23.6 Å². The van der Waals surface area contributed by atoms with Gasteiger partial charge in [-0.3, -0.25) is 0 Å². The summed E-state index contributed by atoms with van der Waals surface area (Å²) in [4.78, 5) is 11.5. The molecule has 0 saturated carbocycles. The maximum Gasteiger partial charge on any atom is 0.328 e. The maximum atomic E-state index is 10.6. The lowest BCUT2D eigenvalue weighted by molar-refractivity contribution is -0.131. The van der Waals surface area contributed by atoms with Crippen LogP contribution >= 0.6 is 11.3 Å². The van der Waals surface area contributed by atoms with Crippen molar-refractivity contribution in [2.24, 2.45) is 0 Å². The SMILES string of the molecule is COc1ccc(-c2csc(/C=C/C(=O)O)c2)cc1C(C)(C)C. The molecule has 0 bridgehead atoms. The lowest BCUT2D eigenvalue weighted by atomic mass is 9.85. The number of ether oxygens (including phenoxy) is 1. The Hall–Kier alpha value is -2.07. The minimum atomic E-state index is -0.936. The van der Waals surface area contributed by atoms with Crippen molar-refractivity contribution in [1.29, 1.82) is 0 Å². The Morgan fingerprint density at radius 1 is 1.23 bits per heavy atom. The van der Waals surface area contributed by atoms with Gasteiger partial charge in [-0.15, -0.1) is 11.3 Å². The first-order valence-corrected chi connectivity index (χ1v) is 7.87. The van der Waals surface area contributed by atoms with Gasteiger partial charge < -0.3 is 9.84 Å². The average Bonchev–Trinajstić information content (AvgIpc) is 2.92. The van der Waals surface area contributed by atoms with E-state index in [9.17, 15) is 4.79 Å². The van der Waals surface area contributed by atoms with Crippen molar-refractivity contribution in [1.82, 2.24) is 0 Å². The molecule has 1 N–H and O–H groups in total. The Morgan fingerprint density at radius 3 is 2.55 bits per heavy atom. The number of thiophene rings is 1. The summed E-state index contributed by atoms with van der Waals surface area (Å²) < 4.78 is 5.46. The molecule has 0 aliphatic carbocycles. The minimum absolute atomic E-state index is 0.0105. The van der Waals surface area contributed by atoms with Gasteiger partial charge >= 0.3 is 5.97 Å². The molecule has 0 spiro atoms. The van der Waals surface area contributed by atoms with Crippen molar-refractivity contribution in [3.63, 3.8) is 0 Å². The highest BCUT2D eigenvalue weighted by Crippen LogP contribution is 2.36. The topological polar surface area (TPSA) is 46.5 Å². The first-order chi connectivity index (χ1) is 10.3. The third kappa shape index (κ3) is 3.77. The number of hydrogen-bond donors (Lipinski definition) is 1. The van der Waals surface area contributed by atoms with Gasteiger partial charge in [0.15, 0.2) is 0 Å². The van der Waals surface area contributed by atoms with Gasteiger partial charge in [0.1, 0.15) is 5.75 Å². The number of carboxylic acid groups (broad SMARTS) is 1. The second-order valence-corrected chi connectivity index (χ2v) is 7.02. The highest BCUT2D eigenvalue weighted by atomic mass is 32.1. The number of carbonyl (C=O) groups is 1. The van der Waals surface area contributed by atoms with Crippen LogP contribution in [-0.4, -0.2) is 18.2 Å². The molecule has 1 aromatic carbocycles. The number of carboxylic acids is 1. The summed E-state index contributed by atoms with van der Waals surface area (Å²) in [6, 6.07) is 8.16. The van der Waals surface area contributed by atoms with E-state index in [1.165, 1.54) is 11.3 Å². The summed E-state index contributed by atoms with van der Waals surface area (Å²) >= 11 is 1.53. The second-order valence-electron chi connectivity index (χ2n) is 6.07. The first-order valence-electron chi connectivity index (χ1n) is 6.99. The van der Waals surface area contributed by atoms with Crippen molar-refractivity contribution in [3.8, 4) is 16.9 Å². The predicted molar refractivity (Wildman–Crippen MR) is 91.7 cm³/mol. The molecule has 22 heavy (non-hydrogen) atoms. The zero-order valence-corrected chi connectivity index (χ0v) is 14.0. The fourth-order valence-electron chi connectivity index (χ4n) is 2.22. The number of rotatable bonds is 4. The van der Waals surface area contributed by atoms with E-state index >= 15 is 0 Å². The number of aliphatic carboxylic acids is 1. The maximum absolute atomic E-state index is 10.6. The van der Waals surface area contributed by atoms with Gasteiger partial charge in [-0.1, -0.05) is 26.8 Å². The molecule has 0 unspecified atom stereocenters. The van der Waals surface area contributed by atoms with Crippen LogP contribution in [0.1, 0.15) is 31.2 Å². The van der Waals surface area contributed by atoms with E-state index in [0.717, 1.165) is 33.4 Å². The Kier molecular flexibility index (Phi) is 4.71. The molecule has 0 radical (unpaired) electrons. The van der Waals surface area contributed by atoms with E-state index in [4.69, 9.17) is 9.84 Å². The van der Waals surface area contributed by atoms with E-state index in [0.29, 0.717) is 0 Å². The Bertz CT molecular complexity index is 705. The molecule has 0 aliphatic heterocycles. The number of benzene rings is 1. The average molecular weight is 316 g/mol. The highest BCUT2D eigenvalue weighted by molar-refractivity contribution is 7.11. The first kappa shape index (κ1) is 16.3. The molecule has 0 saturated heterocycles. The zero-order valence-electron chi connectivity index (χ0n) is 13.2. The summed E-state index contributed by atoms with van der Waals surface area (Å²) in [7, 11) is 1.68. The molecule has 1 heterocycles. The summed E-state index contributed by atoms with van der Waals surface area (Å²) in [6.07, 6.45) is 2.77. The second kappa shape index (κ2) is 6.36. The lowest BCUT2D eigenvalue weighted by Crippen LogP contribution is -2.12. The zero-order chi connectivity index (χ0) is 16.3. The Balaban J connectivity index is 2.39. The van der Waals surface area contributed by atoms with Gasteiger partial charge in [0.05, 0.1) is 7.11 Å². The standard InChI is InChI=1S/C18H20O3S/c1-18(2,3)15-10-12(5-7-16(15)21-4)13-9-14(22-11-13)6-8-17(19)20/h5-11H,1-4H3,(H,19,20)/b8-6+. The molecule has 116 valence electrons. The van der Waals surface area contributed by atoms with Crippen LogP contribution in [0.3, 0.4) is 0 Å². The minimum Gasteiger partial charge on any atom is -0.496 e. The molecule has 0 amide bonds. The van der Waals surface area contributed by atoms with Gasteiger partial charge in [0.25, 0.3) is 0 Å². The third-order valence-electron chi connectivity index (χ3n) is 3.35. The van der Waals surface area contributed by atoms with Crippen LogP contribution < -0.4 is 4.74 Å². The quantitative estimate of drug-likeness (QED) is 0.823. The molecular weight excluding hydrogens is 296 g/mol. The molecule has 2 aromatic rings. The van der Waals surface area contributed by atoms with Crippen molar-refractivity contribution < 1.29 is 14.6 Å². The molecule has 1 aromatic heterocycles. The fraction of sp³-hybridized carbons (Fsp3) is 0.278. The van der Waals surface area contributed by atoms with Gasteiger partial charge in [0, 0.05) is 16.5 Å². The molecule has 2 rings (SSSR count). The van der Waals surface area contributed by atoms with Crippen LogP contribution in [-0.2, 0) is 10.2 Å². The van der Waals surface area contributed by atoms with Crippen LogP contribution in [0.2, 0.25) is 0 Å². The van der Waals surface area contributed by atoms with E-state index in [1.54, 1.807) is 13.2 Å². The lowest BCUT2D eigenvalue weighted by Gasteiger charge is -2.22. The van der Waals surface area contributed by atoms with Crippen molar-refractivity contribution in [2.45, 2.75) is 26.2 Å². The summed E-state index contributed by atoms with van der Waals surface area (Å²) in [5.74, 6) is -0.0492. The molecule has 3 nitrogen and oxygen atoms in total. The largest absolute Gasteiger partial charge is 0.496 e. The molecular formula is C18H20O3S. The molecule has 0 fully saturated rings. The van der Waals surface area contributed by atoms with Crippen molar-refractivity contribution >= 4 is 23.4 Å².